The van der Waals surface area contributed by atoms with Crippen molar-refractivity contribution in [3.05, 3.63) is 58.1 Å². The third-order valence-corrected chi connectivity index (χ3v) is 6.39. The molecule has 1 saturated heterocycles. The van der Waals surface area contributed by atoms with Crippen LogP contribution < -0.4 is 15.4 Å². The van der Waals surface area contributed by atoms with Gasteiger partial charge >= 0.3 is 0 Å². The zero-order valence-corrected chi connectivity index (χ0v) is 19.1. The summed E-state index contributed by atoms with van der Waals surface area (Å²) in [5.74, 6) is 0.601. The van der Waals surface area contributed by atoms with E-state index in [-0.39, 0.29) is 18.4 Å². The molecule has 1 fully saturated rings. The quantitative estimate of drug-likeness (QED) is 0.669. The van der Waals surface area contributed by atoms with Gasteiger partial charge in [-0.15, -0.1) is 0 Å². The number of hydrogen-bond acceptors (Lipinski definition) is 5. The Labute approximate surface area is 193 Å². The van der Waals surface area contributed by atoms with Gasteiger partial charge in [0, 0.05) is 49.9 Å². The van der Waals surface area contributed by atoms with Gasteiger partial charge in [0.05, 0.1) is 19.7 Å². The zero-order valence-electron chi connectivity index (χ0n) is 18.3. The number of piperazine rings is 1. The van der Waals surface area contributed by atoms with E-state index in [2.05, 4.69) is 38.6 Å². The third kappa shape index (κ3) is 5.79. The molecule has 0 atom stereocenters. The minimum absolute atomic E-state index is 0.0627. The number of hydrogen-bond donors (Lipinski definition) is 2. The molecule has 0 unspecified atom stereocenters. The maximum absolute atomic E-state index is 12.3. The molecule has 170 valence electrons. The summed E-state index contributed by atoms with van der Waals surface area (Å²) in [5.41, 5.74) is 4.07. The highest BCUT2D eigenvalue weighted by molar-refractivity contribution is 6.31. The highest BCUT2D eigenvalue weighted by Gasteiger charge is 2.20. The Balaban J connectivity index is 1.16. The summed E-state index contributed by atoms with van der Waals surface area (Å²) in [4.78, 5) is 29.0. The van der Waals surface area contributed by atoms with Gasteiger partial charge in [0.15, 0.2) is 0 Å². The molecule has 0 aliphatic carbocycles. The highest BCUT2D eigenvalue weighted by atomic mass is 35.5. The Bertz CT molecular complexity index is 989. The largest absolute Gasteiger partial charge is 0.493 e. The number of benzene rings is 2. The van der Waals surface area contributed by atoms with Crippen LogP contribution in [0.2, 0.25) is 5.02 Å². The molecule has 2 aliphatic heterocycles. The Morgan fingerprint density at radius 2 is 1.84 bits per heavy atom. The van der Waals surface area contributed by atoms with Crippen LogP contribution in [0.5, 0.6) is 5.75 Å². The van der Waals surface area contributed by atoms with Crippen molar-refractivity contribution < 1.29 is 14.3 Å². The normalized spacial score (nSPS) is 16.3. The molecule has 0 saturated carbocycles. The van der Waals surface area contributed by atoms with Crippen molar-refractivity contribution in [3.8, 4) is 5.75 Å². The topological polar surface area (TPSA) is 73.9 Å². The summed E-state index contributed by atoms with van der Waals surface area (Å²) in [6, 6.07) is 11.8. The first kappa shape index (κ1) is 22.6. The fraction of sp³-hybridized carbons (Fsp3) is 0.417. The van der Waals surface area contributed by atoms with Crippen LogP contribution in [0.3, 0.4) is 0 Å². The first-order valence-corrected chi connectivity index (χ1v) is 11.4. The third-order valence-electron chi connectivity index (χ3n) is 5.98. The van der Waals surface area contributed by atoms with Gasteiger partial charge in [0.25, 0.3) is 0 Å². The van der Waals surface area contributed by atoms with Crippen molar-refractivity contribution >= 4 is 29.1 Å². The lowest BCUT2D eigenvalue weighted by Crippen LogP contribution is -2.49. The van der Waals surface area contributed by atoms with Crippen molar-refractivity contribution in [2.45, 2.75) is 19.9 Å². The van der Waals surface area contributed by atoms with Gasteiger partial charge < -0.3 is 15.4 Å². The predicted octanol–water partition coefficient (Wildman–Crippen LogP) is 2.46. The molecule has 2 aromatic rings. The lowest BCUT2D eigenvalue weighted by Gasteiger charge is -2.34. The van der Waals surface area contributed by atoms with Crippen LogP contribution in [0.1, 0.15) is 16.7 Å². The van der Waals surface area contributed by atoms with Crippen molar-refractivity contribution in [1.29, 1.82) is 0 Å². The summed E-state index contributed by atoms with van der Waals surface area (Å²) in [6.07, 6.45) is 0.989. The van der Waals surface area contributed by atoms with Crippen molar-refractivity contribution in [3.63, 3.8) is 0 Å². The van der Waals surface area contributed by atoms with Gasteiger partial charge in [-0.3, -0.25) is 19.4 Å². The molecule has 2 aliphatic rings. The lowest BCUT2D eigenvalue weighted by molar-refractivity contribution is -0.125. The van der Waals surface area contributed by atoms with Crippen LogP contribution in [0, 0.1) is 6.92 Å². The number of nitrogens with one attached hydrogen (secondary N) is 2. The molecular weight excluding hydrogens is 428 g/mol. The second kappa shape index (κ2) is 10.3. The summed E-state index contributed by atoms with van der Waals surface area (Å²) in [7, 11) is 0. The minimum atomic E-state index is -0.270. The number of amides is 2. The molecule has 2 amide bonds. The Morgan fingerprint density at radius 1 is 1.06 bits per heavy atom. The second-order valence-corrected chi connectivity index (χ2v) is 8.74. The molecule has 0 radical (unpaired) electrons. The van der Waals surface area contributed by atoms with Crippen LogP contribution in [-0.2, 0) is 22.6 Å². The predicted molar refractivity (Wildman–Crippen MR) is 125 cm³/mol. The van der Waals surface area contributed by atoms with E-state index in [0.717, 1.165) is 57.1 Å². The molecule has 2 N–H and O–H groups in total. The van der Waals surface area contributed by atoms with Crippen LogP contribution in [0.15, 0.2) is 36.4 Å². The van der Waals surface area contributed by atoms with Gasteiger partial charge in [0.2, 0.25) is 11.8 Å². The first-order chi connectivity index (χ1) is 15.5. The molecule has 0 spiro atoms. The number of carbonyl (C=O) groups excluding carboxylic acids is 2. The van der Waals surface area contributed by atoms with Gasteiger partial charge in [-0.05, 0) is 41.8 Å². The van der Waals surface area contributed by atoms with Gasteiger partial charge in [0.1, 0.15) is 5.75 Å². The van der Waals surface area contributed by atoms with E-state index < -0.39 is 0 Å². The smallest absolute Gasteiger partial charge is 0.243 e. The number of rotatable bonds is 7. The lowest BCUT2D eigenvalue weighted by atomic mass is 10.1. The van der Waals surface area contributed by atoms with Crippen LogP contribution in [0.25, 0.3) is 0 Å². The van der Waals surface area contributed by atoms with Crippen LogP contribution in [0.4, 0.5) is 5.69 Å². The van der Waals surface area contributed by atoms with E-state index >= 15 is 0 Å². The molecule has 32 heavy (non-hydrogen) atoms. The highest BCUT2D eigenvalue weighted by Crippen LogP contribution is 2.26. The zero-order chi connectivity index (χ0) is 22.5. The Hall–Kier alpha value is -2.61. The van der Waals surface area contributed by atoms with Gasteiger partial charge in [-0.25, -0.2) is 0 Å². The second-order valence-electron chi connectivity index (χ2n) is 8.33. The number of ether oxygens (including phenoxy) is 1. The average molecular weight is 457 g/mol. The SMILES string of the molecule is Cc1c(Cl)cccc1NC(=O)CNC(=O)CN1CCN(Cc2ccc3c(c2)CCO3)CC1. The average Bonchev–Trinajstić information content (AvgIpc) is 3.25. The molecule has 0 aromatic heterocycles. The van der Waals surface area contributed by atoms with Crippen molar-refractivity contribution in [2.75, 3.05) is 51.2 Å². The summed E-state index contributed by atoms with van der Waals surface area (Å²) < 4.78 is 5.58. The van der Waals surface area contributed by atoms with Gasteiger partial charge in [-0.1, -0.05) is 29.8 Å². The fourth-order valence-corrected chi connectivity index (χ4v) is 4.25. The van der Waals surface area contributed by atoms with Gasteiger partial charge in [-0.2, -0.15) is 0 Å². The molecule has 0 bridgehead atoms. The summed E-state index contributed by atoms with van der Waals surface area (Å²) in [6.45, 7) is 7.25. The van der Waals surface area contributed by atoms with Crippen molar-refractivity contribution in [1.82, 2.24) is 15.1 Å². The van der Waals surface area contributed by atoms with Crippen LogP contribution in [-0.4, -0.2) is 67.5 Å². The number of fused-ring (bicyclic) bond motifs is 1. The first-order valence-electron chi connectivity index (χ1n) is 11.0. The minimum Gasteiger partial charge on any atom is -0.493 e. The summed E-state index contributed by atoms with van der Waals surface area (Å²) >= 11 is 6.08. The molecule has 2 aromatic carbocycles. The molecule has 8 heteroatoms. The van der Waals surface area contributed by atoms with E-state index in [0.29, 0.717) is 17.3 Å². The maximum Gasteiger partial charge on any atom is 0.243 e. The molecule has 2 heterocycles. The molecule has 7 nitrogen and oxygen atoms in total. The van der Waals surface area contributed by atoms with E-state index in [1.54, 1.807) is 18.2 Å². The van der Waals surface area contributed by atoms with E-state index in [9.17, 15) is 9.59 Å². The monoisotopic (exact) mass is 456 g/mol. The number of nitrogens with zero attached hydrogens (tertiary/aromatic N) is 2. The number of anilines is 1. The standard InChI is InChI=1S/C24H29ClN4O3/c1-17-20(25)3-2-4-21(17)27-23(30)14-26-24(31)16-29-10-8-28(9-11-29)15-18-5-6-22-19(13-18)7-12-32-22/h2-6,13H,7-12,14-16H2,1H3,(H,26,31)(H,27,30). The van der Waals surface area contributed by atoms with Crippen LogP contribution >= 0.6 is 11.6 Å². The van der Waals surface area contributed by atoms with Crippen molar-refractivity contribution in [2.24, 2.45) is 0 Å². The Morgan fingerprint density at radius 3 is 2.66 bits per heavy atom. The fourth-order valence-electron chi connectivity index (χ4n) is 4.08. The molecular formula is C24H29ClN4O3. The Kier molecular flexibility index (Phi) is 7.29. The molecule has 4 rings (SSSR count). The number of carbonyl (C=O) groups is 2. The number of halogens is 1. The van der Waals surface area contributed by atoms with E-state index in [4.69, 9.17) is 16.3 Å². The maximum atomic E-state index is 12.3. The van der Waals surface area contributed by atoms with E-state index in [1.165, 1.54) is 11.1 Å². The van der Waals surface area contributed by atoms with E-state index in [1.807, 2.05) is 6.92 Å². The summed E-state index contributed by atoms with van der Waals surface area (Å²) in [5, 5.41) is 6.09.